The molecule has 0 aromatic heterocycles. The van der Waals surface area contributed by atoms with Crippen LogP contribution in [0.3, 0.4) is 0 Å². The average Bonchev–Trinajstić information content (AvgIpc) is 3.32. The van der Waals surface area contributed by atoms with Gasteiger partial charge in [-0.15, -0.1) is 0 Å². The Morgan fingerprint density at radius 2 is 1.97 bits per heavy atom. The third-order valence-corrected chi connectivity index (χ3v) is 8.30. The first-order valence-electron chi connectivity index (χ1n) is 12.1. The first kappa shape index (κ1) is 24.0. The average molecular weight is 457 g/mol. The molecule has 3 fully saturated rings. The molecule has 1 N–H and O–H groups in total. The van der Waals surface area contributed by atoms with Crippen molar-refractivity contribution in [1.82, 2.24) is 0 Å². The summed E-state index contributed by atoms with van der Waals surface area (Å²) >= 11 is 0. The van der Waals surface area contributed by atoms with Crippen LogP contribution in [-0.2, 0) is 23.8 Å². The summed E-state index contributed by atoms with van der Waals surface area (Å²) in [5, 5.41) is 9.14. The predicted octanol–water partition coefficient (Wildman–Crippen LogP) is 4.01. The smallest absolute Gasteiger partial charge is 0.331 e. The van der Waals surface area contributed by atoms with Crippen molar-refractivity contribution in [3.05, 3.63) is 42.0 Å². The number of rotatable bonds is 7. The maximum Gasteiger partial charge on any atom is 0.331 e. The van der Waals surface area contributed by atoms with E-state index < -0.39 is 23.2 Å². The summed E-state index contributed by atoms with van der Waals surface area (Å²) in [4.78, 5) is 26.0. The second kappa shape index (κ2) is 9.22. The molecule has 1 saturated carbocycles. The zero-order chi connectivity index (χ0) is 23.8. The standard InChI is InChI=1S/C27H36O6/c1-17(2)27-16-21(25(30)31-15-14-28)26(4,33-27)20-12-10-18(3)23(20)24(27)32-22(29)13-11-19-8-6-5-7-9-19/h5-9,11,13,17-18,20-21,23-24,28H,10,12,14-16H2,1-4H3/b13-11+/t18-,20-,21+,23-,24+,26+,27-/m1/s1. The van der Waals surface area contributed by atoms with E-state index in [1.54, 1.807) is 6.08 Å². The molecule has 3 aliphatic rings. The Morgan fingerprint density at radius 1 is 1.24 bits per heavy atom. The van der Waals surface area contributed by atoms with Crippen molar-refractivity contribution in [1.29, 1.82) is 0 Å². The van der Waals surface area contributed by atoms with Crippen LogP contribution >= 0.6 is 0 Å². The quantitative estimate of drug-likeness (QED) is 0.493. The number of carbonyl (C=O) groups excluding carboxylic acids is 2. The molecule has 0 unspecified atom stereocenters. The van der Waals surface area contributed by atoms with Gasteiger partial charge in [-0.3, -0.25) is 4.79 Å². The minimum Gasteiger partial charge on any atom is -0.463 e. The molecule has 2 heterocycles. The Labute approximate surface area is 196 Å². The summed E-state index contributed by atoms with van der Waals surface area (Å²) in [6.07, 6.45) is 5.19. The van der Waals surface area contributed by atoms with Crippen molar-refractivity contribution in [3.8, 4) is 0 Å². The van der Waals surface area contributed by atoms with Gasteiger partial charge in [0.05, 0.1) is 18.1 Å². The van der Waals surface area contributed by atoms with Gasteiger partial charge in [0, 0.05) is 12.0 Å². The van der Waals surface area contributed by atoms with Crippen molar-refractivity contribution in [2.45, 2.75) is 64.3 Å². The zero-order valence-corrected chi connectivity index (χ0v) is 20.0. The highest BCUT2D eigenvalue weighted by Gasteiger charge is 2.72. The Balaban J connectivity index is 1.65. The summed E-state index contributed by atoms with van der Waals surface area (Å²) in [6, 6.07) is 9.65. The molecule has 2 saturated heterocycles. The number of esters is 2. The molecule has 7 atom stereocenters. The van der Waals surface area contributed by atoms with Crippen molar-refractivity contribution in [2.75, 3.05) is 13.2 Å². The Morgan fingerprint density at radius 3 is 2.64 bits per heavy atom. The Bertz CT molecular complexity index is 895. The first-order chi connectivity index (χ1) is 15.7. The topological polar surface area (TPSA) is 82.1 Å². The normalized spacial score (nSPS) is 37.3. The SMILES string of the molecule is CC(C)[C@@]12C[C@@H](C(=O)OCCO)[C@@](C)(O1)[C@@H]1CC[C@@H](C)[C@H]1[C@@H]2OC(=O)/C=C/c1ccccc1. The highest BCUT2D eigenvalue weighted by Crippen LogP contribution is 2.64. The van der Waals surface area contributed by atoms with Crippen LogP contribution in [-0.4, -0.2) is 47.6 Å². The van der Waals surface area contributed by atoms with E-state index in [9.17, 15) is 9.59 Å². The molecule has 6 nitrogen and oxygen atoms in total. The van der Waals surface area contributed by atoms with E-state index in [0.717, 1.165) is 18.4 Å². The number of aliphatic hydroxyl groups is 1. The van der Waals surface area contributed by atoms with Gasteiger partial charge in [-0.2, -0.15) is 0 Å². The predicted molar refractivity (Wildman–Crippen MR) is 124 cm³/mol. The fourth-order valence-electron chi connectivity index (χ4n) is 6.60. The molecule has 1 aromatic carbocycles. The molecule has 0 amide bonds. The highest BCUT2D eigenvalue weighted by molar-refractivity contribution is 5.87. The van der Waals surface area contributed by atoms with Crippen molar-refractivity contribution in [3.63, 3.8) is 0 Å². The molecule has 0 radical (unpaired) electrons. The largest absolute Gasteiger partial charge is 0.463 e. The maximum atomic E-state index is 13.0. The van der Waals surface area contributed by atoms with Gasteiger partial charge in [-0.1, -0.05) is 51.1 Å². The number of ether oxygens (including phenoxy) is 3. The van der Waals surface area contributed by atoms with E-state index in [1.807, 2.05) is 37.3 Å². The zero-order valence-electron chi connectivity index (χ0n) is 20.0. The molecule has 1 aromatic rings. The van der Waals surface area contributed by atoms with Crippen LogP contribution in [0.2, 0.25) is 0 Å². The van der Waals surface area contributed by atoms with E-state index >= 15 is 0 Å². The van der Waals surface area contributed by atoms with E-state index in [-0.39, 0.29) is 42.9 Å². The lowest BCUT2D eigenvalue weighted by Gasteiger charge is -2.53. The summed E-state index contributed by atoms with van der Waals surface area (Å²) < 4.78 is 18.4. The highest BCUT2D eigenvalue weighted by atomic mass is 16.6. The summed E-state index contributed by atoms with van der Waals surface area (Å²) in [6.45, 7) is 8.16. The molecule has 180 valence electrons. The number of hydrogen-bond donors (Lipinski definition) is 1. The fraction of sp³-hybridized carbons (Fsp3) is 0.630. The second-order valence-corrected chi connectivity index (χ2v) is 10.4. The molecule has 1 aliphatic carbocycles. The van der Waals surface area contributed by atoms with Crippen LogP contribution in [0.5, 0.6) is 0 Å². The van der Waals surface area contributed by atoms with Crippen LogP contribution in [0.4, 0.5) is 0 Å². The van der Waals surface area contributed by atoms with Gasteiger partial charge in [-0.05, 0) is 55.6 Å². The van der Waals surface area contributed by atoms with Gasteiger partial charge in [0.2, 0.25) is 0 Å². The lowest BCUT2D eigenvalue weighted by molar-refractivity contribution is -0.261. The monoisotopic (exact) mass is 456 g/mol. The van der Waals surface area contributed by atoms with Gasteiger partial charge >= 0.3 is 11.9 Å². The van der Waals surface area contributed by atoms with Crippen molar-refractivity contribution >= 4 is 18.0 Å². The number of hydrogen-bond acceptors (Lipinski definition) is 6. The van der Waals surface area contributed by atoms with E-state index in [2.05, 4.69) is 20.8 Å². The molecule has 2 aliphatic heterocycles. The van der Waals surface area contributed by atoms with Crippen LogP contribution in [0, 0.1) is 29.6 Å². The van der Waals surface area contributed by atoms with Crippen LogP contribution in [0.25, 0.3) is 6.08 Å². The van der Waals surface area contributed by atoms with Gasteiger partial charge in [0.1, 0.15) is 18.3 Å². The molecule has 4 rings (SSSR count). The fourth-order valence-corrected chi connectivity index (χ4v) is 6.60. The first-order valence-corrected chi connectivity index (χ1v) is 12.1. The van der Waals surface area contributed by atoms with E-state index in [1.165, 1.54) is 6.08 Å². The maximum absolute atomic E-state index is 13.0. The molecule has 0 spiro atoms. The summed E-state index contributed by atoms with van der Waals surface area (Å²) in [5.74, 6) is -0.548. The van der Waals surface area contributed by atoms with E-state index in [0.29, 0.717) is 12.3 Å². The third-order valence-electron chi connectivity index (χ3n) is 8.30. The van der Waals surface area contributed by atoms with Crippen LogP contribution in [0.1, 0.15) is 52.5 Å². The number of fused-ring (bicyclic) bond motifs is 4. The minimum absolute atomic E-state index is 0.0206. The third kappa shape index (κ3) is 4.12. The van der Waals surface area contributed by atoms with Gasteiger partial charge in [-0.25, -0.2) is 4.79 Å². The van der Waals surface area contributed by atoms with E-state index in [4.69, 9.17) is 19.3 Å². The van der Waals surface area contributed by atoms with Crippen molar-refractivity contribution < 1.29 is 28.9 Å². The summed E-state index contributed by atoms with van der Waals surface area (Å²) in [5.41, 5.74) is -0.497. The molecule has 2 bridgehead atoms. The molecule has 33 heavy (non-hydrogen) atoms. The van der Waals surface area contributed by atoms with Gasteiger partial charge in [0.15, 0.2) is 0 Å². The van der Waals surface area contributed by atoms with Crippen LogP contribution in [0.15, 0.2) is 36.4 Å². The Hall–Kier alpha value is -2.18. The number of aliphatic hydroxyl groups excluding tert-OH is 1. The number of benzene rings is 1. The van der Waals surface area contributed by atoms with Crippen LogP contribution < -0.4 is 0 Å². The molecular formula is C27H36O6. The lowest BCUT2D eigenvalue weighted by Crippen LogP contribution is -2.62. The van der Waals surface area contributed by atoms with Gasteiger partial charge in [0.25, 0.3) is 0 Å². The van der Waals surface area contributed by atoms with Crippen molar-refractivity contribution in [2.24, 2.45) is 29.6 Å². The Kier molecular flexibility index (Phi) is 6.70. The lowest BCUT2D eigenvalue weighted by atomic mass is 9.69. The molecule has 6 heteroatoms. The molecular weight excluding hydrogens is 420 g/mol. The second-order valence-electron chi connectivity index (χ2n) is 10.4. The van der Waals surface area contributed by atoms with Gasteiger partial charge < -0.3 is 19.3 Å². The minimum atomic E-state index is -0.756. The number of carbonyl (C=O) groups is 2. The summed E-state index contributed by atoms with van der Waals surface area (Å²) in [7, 11) is 0.